The lowest BCUT2D eigenvalue weighted by Gasteiger charge is -2.11. The van der Waals surface area contributed by atoms with Gasteiger partial charge in [0.25, 0.3) is 10.0 Å². The maximum absolute atomic E-state index is 11.9. The molecular formula is C8H15BrN4O3S. The first-order valence-electron chi connectivity index (χ1n) is 5.11. The topological polar surface area (TPSA) is 97.1 Å². The van der Waals surface area contributed by atoms with Crippen molar-refractivity contribution < 1.29 is 13.5 Å². The van der Waals surface area contributed by atoms with Crippen molar-refractivity contribution in [2.45, 2.75) is 30.9 Å². The zero-order valence-electron chi connectivity index (χ0n) is 9.59. The van der Waals surface area contributed by atoms with Crippen molar-refractivity contribution in [2.24, 2.45) is 7.05 Å². The Bertz CT molecular complexity index is 454. The van der Waals surface area contributed by atoms with Gasteiger partial charge in [0.2, 0.25) is 5.03 Å². The van der Waals surface area contributed by atoms with Crippen molar-refractivity contribution in [3.8, 4) is 0 Å². The summed E-state index contributed by atoms with van der Waals surface area (Å²) in [6, 6.07) is 0. The normalized spacial score (nSPS) is 13.9. The van der Waals surface area contributed by atoms with Crippen molar-refractivity contribution in [1.29, 1.82) is 0 Å². The summed E-state index contributed by atoms with van der Waals surface area (Å²) in [7, 11) is -2.23. The Kier molecular flexibility index (Phi) is 5.04. The summed E-state index contributed by atoms with van der Waals surface area (Å²) in [5.74, 6) is 0. The van der Waals surface area contributed by atoms with Gasteiger partial charge in [-0.2, -0.15) is 0 Å². The van der Waals surface area contributed by atoms with Crippen LogP contribution in [0.25, 0.3) is 0 Å². The average molecular weight is 327 g/mol. The molecule has 1 aromatic heterocycles. The largest absolute Gasteiger partial charge is 0.392 e. The number of halogens is 1. The summed E-state index contributed by atoms with van der Waals surface area (Å²) in [6.07, 6.45) is 0.655. The minimum atomic E-state index is -3.71. The smallest absolute Gasteiger partial charge is 0.260 e. The van der Waals surface area contributed by atoms with E-state index in [9.17, 15) is 13.5 Å². The van der Waals surface area contributed by atoms with Crippen molar-refractivity contribution in [1.82, 2.24) is 19.7 Å². The lowest BCUT2D eigenvalue weighted by atomic mass is 10.2. The van der Waals surface area contributed by atoms with Crippen LogP contribution in [0.5, 0.6) is 0 Å². The molecule has 0 amide bonds. The fourth-order valence-corrected chi connectivity index (χ4v) is 3.48. The maximum Gasteiger partial charge on any atom is 0.260 e. The monoisotopic (exact) mass is 326 g/mol. The van der Waals surface area contributed by atoms with E-state index in [0.29, 0.717) is 6.42 Å². The number of sulfonamides is 1. The van der Waals surface area contributed by atoms with E-state index in [2.05, 4.69) is 31.0 Å². The van der Waals surface area contributed by atoms with Crippen molar-refractivity contribution in [2.75, 3.05) is 6.54 Å². The maximum atomic E-state index is 11.9. The number of aliphatic hydroxyl groups excluding tert-OH is 1. The van der Waals surface area contributed by atoms with Crippen molar-refractivity contribution in [3.63, 3.8) is 0 Å². The number of hydrogen-bond donors (Lipinski definition) is 2. The summed E-state index contributed by atoms with van der Waals surface area (Å²) in [6.45, 7) is 1.90. The van der Waals surface area contributed by atoms with Gasteiger partial charge in [-0.05, 0) is 22.4 Å². The van der Waals surface area contributed by atoms with Gasteiger partial charge in [-0.25, -0.2) is 17.8 Å². The van der Waals surface area contributed by atoms with Gasteiger partial charge in [-0.15, -0.1) is 5.10 Å². The molecule has 0 bridgehead atoms. The SMILES string of the molecule is CCCC(O)CNS(=O)(=O)c1c(Br)nnn1C. The Morgan fingerprint density at radius 3 is 2.71 bits per heavy atom. The van der Waals surface area contributed by atoms with E-state index in [0.717, 1.165) is 11.1 Å². The van der Waals surface area contributed by atoms with Crippen LogP contribution in [-0.2, 0) is 17.1 Å². The van der Waals surface area contributed by atoms with Crippen LogP contribution >= 0.6 is 15.9 Å². The molecule has 1 unspecified atom stereocenters. The molecule has 0 aliphatic heterocycles. The third kappa shape index (κ3) is 3.73. The van der Waals surface area contributed by atoms with Gasteiger partial charge < -0.3 is 5.11 Å². The Labute approximate surface area is 108 Å². The lowest BCUT2D eigenvalue weighted by Crippen LogP contribution is -2.33. The highest BCUT2D eigenvalue weighted by atomic mass is 79.9. The van der Waals surface area contributed by atoms with E-state index < -0.39 is 16.1 Å². The van der Waals surface area contributed by atoms with Crippen LogP contribution in [0.15, 0.2) is 9.63 Å². The Balaban J connectivity index is 2.76. The molecule has 7 nitrogen and oxygen atoms in total. The molecule has 0 aromatic carbocycles. The van der Waals surface area contributed by atoms with Crippen molar-refractivity contribution >= 4 is 26.0 Å². The third-order valence-corrected chi connectivity index (χ3v) is 4.43. The number of aryl methyl sites for hydroxylation is 1. The fraction of sp³-hybridized carbons (Fsp3) is 0.750. The second-order valence-electron chi connectivity index (χ2n) is 3.60. The molecule has 0 spiro atoms. The summed E-state index contributed by atoms with van der Waals surface area (Å²) in [4.78, 5) is 0. The van der Waals surface area contributed by atoms with Crippen LogP contribution in [0.3, 0.4) is 0 Å². The summed E-state index contributed by atoms with van der Waals surface area (Å²) < 4.78 is 27.4. The number of aliphatic hydroxyl groups is 1. The van der Waals surface area contributed by atoms with E-state index in [4.69, 9.17) is 0 Å². The van der Waals surface area contributed by atoms with Gasteiger partial charge in [0.15, 0.2) is 4.60 Å². The van der Waals surface area contributed by atoms with Gasteiger partial charge in [0.1, 0.15) is 0 Å². The number of aromatic nitrogens is 3. The van der Waals surface area contributed by atoms with Crippen LogP contribution in [0.4, 0.5) is 0 Å². The Hall–Kier alpha value is -0.510. The van der Waals surface area contributed by atoms with Gasteiger partial charge in [-0.3, -0.25) is 0 Å². The van der Waals surface area contributed by atoms with Crippen LogP contribution in [0, 0.1) is 0 Å². The predicted molar refractivity (Wildman–Crippen MR) is 64.8 cm³/mol. The first-order valence-corrected chi connectivity index (χ1v) is 7.39. The minimum Gasteiger partial charge on any atom is -0.392 e. The van der Waals surface area contributed by atoms with Gasteiger partial charge >= 0.3 is 0 Å². The summed E-state index contributed by atoms with van der Waals surface area (Å²) in [5, 5.41) is 16.6. The second-order valence-corrected chi connectivity index (χ2v) is 6.04. The average Bonchev–Trinajstić information content (AvgIpc) is 2.57. The molecule has 2 N–H and O–H groups in total. The number of nitrogens with one attached hydrogen (secondary N) is 1. The Morgan fingerprint density at radius 2 is 2.24 bits per heavy atom. The number of rotatable bonds is 6. The van der Waals surface area contributed by atoms with Crippen LogP contribution < -0.4 is 4.72 Å². The van der Waals surface area contributed by atoms with Crippen LogP contribution in [0.2, 0.25) is 0 Å². The van der Waals surface area contributed by atoms with E-state index in [-0.39, 0.29) is 16.2 Å². The standard InChI is InChI=1S/C8H15BrN4O3S/c1-3-4-6(14)5-10-17(15,16)8-7(9)11-12-13(8)2/h6,10,14H,3-5H2,1-2H3. The molecule has 9 heteroatoms. The van der Waals surface area contributed by atoms with E-state index in [1.807, 2.05) is 6.92 Å². The zero-order valence-corrected chi connectivity index (χ0v) is 12.0. The molecule has 1 rings (SSSR count). The molecule has 0 saturated carbocycles. The highest BCUT2D eigenvalue weighted by molar-refractivity contribution is 9.10. The molecule has 0 radical (unpaired) electrons. The molecule has 0 aliphatic rings. The molecule has 1 atom stereocenters. The van der Waals surface area contributed by atoms with Crippen molar-refractivity contribution in [3.05, 3.63) is 4.60 Å². The molecule has 1 heterocycles. The zero-order chi connectivity index (χ0) is 13.1. The number of nitrogens with zero attached hydrogens (tertiary/aromatic N) is 3. The van der Waals surface area contributed by atoms with Crippen LogP contribution in [-0.4, -0.2) is 41.2 Å². The quantitative estimate of drug-likeness (QED) is 0.768. The third-order valence-electron chi connectivity index (χ3n) is 2.12. The van der Waals surface area contributed by atoms with E-state index in [1.54, 1.807) is 0 Å². The van der Waals surface area contributed by atoms with Gasteiger partial charge in [-0.1, -0.05) is 18.6 Å². The minimum absolute atomic E-state index is 0.0200. The van der Waals surface area contributed by atoms with Gasteiger partial charge in [0, 0.05) is 13.6 Å². The molecule has 1 aromatic rings. The Morgan fingerprint density at radius 1 is 1.59 bits per heavy atom. The van der Waals surface area contributed by atoms with Gasteiger partial charge in [0.05, 0.1) is 6.10 Å². The summed E-state index contributed by atoms with van der Waals surface area (Å²) in [5.41, 5.74) is 0. The molecular weight excluding hydrogens is 312 g/mol. The lowest BCUT2D eigenvalue weighted by molar-refractivity contribution is 0.167. The first-order chi connectivity index (χ1) is 7.88. The first kappa shape index (κ1) is 14.6. The molecule has 0 saturated heterocycles. The molecule has 98 valence electrons. The second kappa shape index (κ2) is 5.89. The van der Waals surface area contributed by atoms with E-state index in [1.165, 1.54) is 7.05 Å². The van der Waals surface area contributed by atoms with E-state index >= 15 is 0 Å². The molecule has 0 fully saturated rings. The number of hydrogen-bond acceptors (Lipinski definition) is 5. The highest BCUT2D eigenvalue weighted by Crippen LogP contribution is 2.17. The molecule has 0 aliphatic carbocycles. The predicted octanol–water partition coefficient (Wildman–Crippen LogP) is 0.0169. The highest BCUT2D eigenvalue weighted by Gasteiger charge is 2.24. The summed E-state index contributed by atoms with van der Waals surface area (Å²) >= 11 is 3.01. The van der Waals surface area contributed by atoms with Crippen LogP contribution in [0.1, 0.15) is 19.8 Å². The molecule has 17 heavy (non-hydrogen) atoms. The fourth-order valence-electron chi connectivity index (χ4n) is 1.32.